The lowest BCUT2D eigenvalue weighted by atomic mass is 10.0. The standard InChI is InChI=1S/C15H11BrClFO3/c16-10-5-8(1-2-12(10)18)15(19)9-6-13-14(7-11(9)17)21-4-3-20-13/h1-2,5-7,15,19H,3-4H2. The maximum Gasteiger partial charge on any atom is 0.162 e. The molecule has 2 aromatic rings. The number of aliphatic hydroxyl groups excluding tert-OH is 1. The van der Waals surface area contributed by atoms with Gasteiger partial charge in [0.05, 0.1) is 9.50 Å². The number of hydrogen-bond donors (Lipinski definition) is 1. The Labute approximate surface area is 134 Å². The zero-order valence-electron chi connectivity index (χ0n) is 10.8. The number of rotatable bonds is 2. The first-order chi connectivity index (χ1) is 10.1. The summed E-state index contributed by atoms with van der Waals surface area (Å²) in [7, 11) is 0. The van der Waals surface area contributed by atoms with Gasteiger partial charge in [0.1, 0.15) is 25.1 Å². The number of hydrogen-bond acceptors (Lipinski definition) is 3. The average molecular weight is 374 g/mol. The van der Waals surface area contributed by atoms with Crippen molar-refractivity contribution >= 4 is 27.5 Å². The predicted octanol–water partition coefficient (Wildman–Crippen LogP) is 4.09. The second kappa shape index (κ2) is 5.83. The van der Waals surface area contributed by atoms with Crippen LogP contribution in [0.4, 0.5) is 4.39 Å². The van der Waals surface area contributed by atoms with Gasteiger partial charge in [-0.05, 0) is 39.7 Å². The summed E-state index contributed by atoms with van der Waals surface area (Å²) in [5, 5.41) is 10.8. The quantitative estimate of drug-likeness (QED) is 0.861. The van der Waals surface area contributed by atoms with Crippen LogP contribution in [0.15, 0.2) is 34.8 Å². The summed E-state index contributed by atoms with van der Waals surface area (Å²) in [6, 6.07) is 7.59. The van der Waals surface area contributed by atoms with Gasteiger partial charge in [-0.1, -0.05) is 17.7 Å². The largest absolute Gasteiger partial charge is 0.486 e. The Morgan fingerprint density at radius 2 is 1.81 bits per heavy atom. The number of fused-ring (bicyclic) bond motifs is 1. The molecule has 0 aliphatic carbocycles. The molecule has 21 heavy (non-hydrogen) atoms. The van der Waals surface area contributed by atoms with Gasteiger partial charge in [-0.3, -0.25) is 0 Å². The Balaban J connectivity index is 2.00. The van der Waals surface area contributed by atoms with E-state index < -0.39 is 6.10 Å². The number of ether oxygens (including phenoxy) is 2. The average Bonchev–Trinajstić information content (AvgIpc) is 2.48. The van der Waals surface area contributed by atoms with E-state index in [2.05, 4.69) is 15.9 Å². The SMILES string of the molecule is OC(c1ccc(F)c(Br)c1)c1cc2c(cc1Cl)OCCO2. The van der Waals surface area contributed by atoms with Crippen molar-refractivity contribution < 1.29 is 19.0 Å². The number of halogens is 3. The highest BCUT2D eigenvalue weighted by molar-refractivity contribution is 9.10. The smallest absolute Gasteiger partial charge is 0.162 e. The van der Waals surface area contributed by atoms with Gasteiger partial charge < -0.3 is 14.6 Å². The molecule has 0 saturated carbocycles. The van der Waals surface area contributed by atoms with Crippen molar-refractivity contribution in [3.05, 3.63) is 56.8 Å². The summed E-state index contributed by atoms with van der Waals surface area (Å²) in [6.07, 6.45) is -0.981. The molecule has 3 nitrogen and oxygen atoms in total. The molecule has 0 amide bonds. The van der Waals surface area contributed by atoms with Crippen LogP contribution >= 0.6 is 27.5 Å². The van der Waals surface area contributed by atoms with E-state index in [0.29, 0.717) is 40.9 Å². The van der Waals surface area contributed by atoms with Gasteiger partial charge >= 0.3 is 0 Å². The Hall–Kier alpha value is -1.30. The fourth-order valence-corrected chi connectivity index (χ4v) is 2.80. The van der Waals surface area contributed by atoms with E-state index in [1.54, 1.807) is 12.1 Å². The lowest BCUT2D eigenvalue weighted by Gasteiger charge is -2.21. The Morgan fingerprint density at radius 1 is 1.14 bits per heavy atom. The molecule has 1 N–H and O–H groups in total. The second-order valence-corrected chi connectivity index (χ2v) is 5.85. The molecule has 1 atom stereocenters. The van der Waals surface area contributed by atoms with E-state index in [1.165, 1.54) is 18.2 Å². The van der Waals surface area contributed by atoms with Crippen LogP contribution in [0.2, 0.25) is 5.02 Å². The van der Waals surface area contributed by atoms with Crippen molar-refractivity contribution in [3.8, 4) is 11.5 Å². The summed E-state index contributed by atoms with van der Waals surface area (Å²) < 4.78 is 24.5. The Morgan fingerprint density at radius 3 is 2.48 bits per heavy atom. The monoisotopic (exact) mass is 372 g/mol. The zero-order chi connectivity index (χ0) is 15.0. The van der Waals surface area contributed by atoms with E-state index in [1.807, 2.05) is 0 Å². The van der Waals surface area contributed by atoms with Crippen LogP contribution in [0.3, 0.4) is 0 Å². The molecule has 0 aromatic heterocycles. The lowest BCUT2D eigenvalue weighted by Crippen LogP contribution is -2.16. The van der Waals surface area contributed by atoms with Crippen LogP contribution in [0.1, 0.15) is 17.2 Å². The second-order valence-electron chi connectivity index (χ2n) is 4.59. The van der Waals surface area contributed by atoms with Crippen LogP contribution in [-0.4, -0.2) is 18.3 Å². The van der Waals surface area contributed by atoms with E-state index in [4.69, 9.17) is 21.1 Å². The highest BCUT2D eigenvalue weighted by Crippen LogP contribution is 2.39. The molecule has 1 aliphatic heterocycles. The van der Waals surface area contributed by atoms with Crippen molar-refractivity contribution in [3.63, 3.8) is 0 Å². The Kier molecular flexibility index (Phi) is 4.06. The van der Waals surface area contributed by atoms with Gasteiger partial charge in [-0.25, -0.2) is 4.39 Å². The third-order valence-corrected chi connectivity index (χ3v) is 4.15. The van der Waals surface area contributed by atoms with Crippen LogP contribution in [0.5, 0.6) is 11.5 Å². The summed E-state index contributed by atoms with van der Waals surface area (Å²) in [5.74, 6) is 0.711. The van der Waals surface area contributed by atoms with Crippen molar-refractivity contribution in [1.29, 1.82) is 0 Å². The first-order valence-corrected chi connectivity index (χ1v) is 7.45. The topological polar surface area (TPSA) is 38.7 Å². The van der Waals surface area contributed by atoms with E-state index in [0.717, 1.165) is 0 Å². The van der Waals surface area contributed by atoms with Gasteiger partial charge in [0.15, 0.2) is 11.5 Å². The lowest BCUT2D eigenvalue weighted by molar-refractivity contribution is 0.169. The number of benzene rings is 2. The highest BCUT2D eigenvalue weighted by Gasteiger charge is 2.21. The molecule has 0 spiro atoms. The van der Waals surface area contributed by atoms with Crippen molar-refractivity contribution in [2.75, 3.05) is 13.2 Å². The molecule has 1 unspecified atom stereocenters. The molecule has 2 aromatic carbocycles. The van der Waals surface area contributed by atoms with E-state index >= 15 is 0 Å². The minimum atomic E-state index is -0.981. The van der Waals surface area contributed by atoms with Crippen molar-refractivity contribution in [2.24, 2.45) is 0 Å². The fourth-order valence-electron chi connectivity index (χ4n) is 2.15. The van der Waals surface area contributed by atoms with Crippen molar-refractivity contribution in [2.45, 2.75) is 6.10 Å². The van der Waals surface area contributed by atoms with Crippen LogP contribution in [0, 0.1) is 5.82 Å². The summed E-state index contributed by atoms with van der Waals surface area (Å²) >= 11 is 9.30. The maximum absolute atomic E-state index is 13.3. The zero-order valence-corrected chi connectivity index (χ0v) is 13.1. The summed E-state index contributed by atoms with van der Waals surface area (Å²) in [5.41, 5.74) is 1.02. The van der Waals surface area contributed by atoms with Crippen LogP contribution in [0.25, 0.3) is 0 Å². The van der Waals surface area contributed by atoms with Crippen LogP contribution < -0.4 is 9.47 Å². The molecule has 110 valence electrons. The van der Waals surface area contributed by atoms with E-state index in [-0.39, 0.29) is 10.3 Å². The minimum absolute atomic E-state index is 0.285. The third-order valence-electron chi connectivity index (χ3n) is 3.22. The van der Waals surface area contributed by atoms with Gasteiger partial charge in [0.2, 0.25) is 0 Å². The molecular formula is C15H11BrClFO3. The molecule has 0 bridgehead atoms. The molecular weight excluding hydrogens is 363 g/mol. The molecule has 1 heterocycles. The predicted molar refractivity (Wildman–Crippen MR) is 80.6 cm³/mol. The molecule has 1 aliphatic rings. The summed E-state index contributed by atoms with van der Waals surface area (Å²) in [4.78, 5) is 0. The van der Waals surface area contributed by atoms with Crippen LogP contribution in [-0.2, 0) is 0 Å². The minimum Gasteiger partial charge on any atom is -0.486 e. The van der Waals surface area contributed by atoms with Gasteiger partial charge in [-0.2, -0.15) is 0 Å². The maximum atomic E-state index is 13.3. The van der Waals surface area contributed by atoms with Crippen molar-refractivity contribution in [1.82, 2.24) is 0 Å². The van der Waals surface area contributed by atoms with E-state index in [9.17, 15) is 9.50 Å². The first-order valence-electron chi connectivity index (χ1n) is 6.28. The van der Waals surface area contributed by atoms with Gasteiger partial charge in [0, 0.05) is 11.6 Å². The molecule has 0 radical (unpaired) electrons. The normalized spacial score (nSPS) is 14.9. The first kappa shape index (κ1) is 14.6. The molecule has 6 heteroatoms. The molecule has 3 rings (SSSR count). The Bertz CT molecular complexity index is 693. The molecule has 0 fully saturated rings. The summed E-state index contributed by atoms with van der Waals surface area (Å²) in [6.45, 7) is 0.919. The highest BCUT2D eigenvalue weighted by atomic mass is 79.9. The third kappa shape index (κ3) is 2.86. The number of aliphatic hydroxyl groups is 1. The van der Waals surface area contributed by atoms with Gasteiger partial charge in [-0.15, -0.1) is 0 Å². The molecule has 0 saturated heterocycles. The van der Waals surface area contributed by atoms with Gasteiger partial charge in [0.25, 0.3) is 0 Å². The fraction of sp³-hybridized carbons (Fsp3) is 0.200.